The summed E-state index contributed by atoms with van der Waals surface area (Å²) in [5.74, 6) is -1.36. The number of rotatable bonds is 5. The summed E-state index contributed by atoms with van der Waals surface area (Å²) < 4.78 is 13.3. The van der Waals surface area contributed by atoms with Gasteiger partial charge in [0.2, 0.25) is 11.7 Å². The second kappa shape index (κ2) is 6.87. The summed E-state index contributed by atoms with van der Waals surface area (Å²) in [6, 6.07) is 12.1. The maximum atomic E-state index is 13.3. The van der Waals surface area contributed by atoms with Crippen LogP contribution >= 0.6 is 0 Å². The molecule has 1 aromatic heterocycles. The molecular weight excluding hydrogens is 327 g/mol. The van der Waals surface area contributed by atoms with E-state index in [1.807, 2.05) is 0 Å². The number of benzene rings is 2. The van der Waals surface area contributed by atoms with Gasteiger partial charge in [0, 0.05) is 11.1 Å². The lowest BCUT2D eigenvalue weighted by atomic mass is 10.1. The van der Waals surface area contributed by atoms with Crippen LogP contribution in [-0.2, 0) is 11.3 Å². The first-order valence-electron chi connectivity index (χ1n) is 7.25. The molecule has 0 fully saturated rings. The Morgan fingerprint density at radius 1 is 1.16 bits per heavy atom. The van der Waals surface area contributed by atoms with Crippen molar-refractivity contribution in [3.05, 3.63) is 59.9 Å². The topological polar surface area (TPSA) is 116 Å². The zero-order valence-corrected chi connectivity index (χ0v) is 12.9. The Hall–Kier alpha value is -3.62. The lowest BCUT2D eigenvalue weighted by Crippen LogP contribution is -2.20. The van der Waals surface area contributed by atoms with Crippen molar-refractivity contribution in [2.45, 2.75) is 6.54 Å². The molecule has 0 saturated heterocycles. The number of anilines is 1. The largest absolute Gasteiger partial charge is 0.368 e. The van der Waals surface area contributed by atoms with Crippen molar-refractivity contribution in [1.29, 1.82) is 0 Å². The number of nitrogens with zero attached hydrogens (tertiary/aromatic N) is 4. The Bertz CT molecular complexity index is 940. The van der Waals surface area contributed by atoms with Gasteiger partial charge in [-0.3, -0.25) is 9.59 Å². The number of nitrogens with one attached hydrogen (secondary N) is 1. The third-order valence-electron chi connectivity index (χ3n) is 3.25. The summed E-state index contributed by atoms with van der Waals surface area (Å²) in [6.07, 6.45) is 0. The molecule has 0 bridgehead atoms. The van der Waals surface area contributed by atoms with E-state index in [2.05, 4.69) is 20.7 Å². The molecule has 25 heavy (non-hydrogen) atoms. The van der Waals surface area contributed by atoms with Crippen LogP contribution in [0.5, 0.6) is 0 Å². The Labute approximate surface area is 141 Å². The van der Waals surface area contributed by atoms with Crippen molar-refractivity contribution in [3.8, 4) is 11.4 Å². The molecule has 2 aromatic carbocycles. The van der Waals surface area contributed by atoms with Crippen molar-refractivity contribution < 1.29 is 14.0 Å². The van der Waals surface area contributed by atoms with Gasteiger partial charge in [0.05, 0.1) is 5.69 Å². The fourth-order valence-electron chi connectivity index (χ4n) is 2.17. The van der Waals surface area contributed by atoms with Gasteiger partial charge in [0.15, 0.2) is 0 Å². The van der Waals surface area contributed by atoms with E-state index in [9.17, 15) is 14.0 Å². The normalized spacial score (nSPS) is 10.4. The van der Waals surface area contributed by atoms with Crippen molar-refractivity contribution in [2.24, 2.45) is 5.73 Å². The maximum absolute atomic E-state index is 13.3. The molecule has 0 aliphatic rings. The molecule has 3 aromatic rings. The molecule has 0 aliphatic carbocycles. The predicted molar refractivity (Wildman–Crippen MR) is 86.8 cm³/mol. The maximum Gasteiger partial charge on any atom is 0.255 e. The van der Waals surface area contributed by atoms with E-state index in [1.165, 1.54) is 18.2 Å². The van der Waals surface area contributed by atoms with E-state index < -0.39 is 17.6 Å². The Kier molecular flexibility index (Phi) is 4.46. The number of hydrogen-bond donors (Lipinski definition) is 2. The summed E-state index contributed by atoms with van der Waals surface area (Å²) in [5.41, 5.74) is 6.20. The van der Waals surface area contributed by atoms with E-state index in [-0.39, 0.29) is 17.9 Å². The third-order valence-corrected chi connectivity index (χ3v) is 3.25. The monoisotopic (exact) mass is 340 g/mol. The van der Waals surface area contributed by atoms with Gasteiger partial charge in [-0.2, -0.15) is 4.80 Å². The molecule has 3 N–H and O–H groups in total. The molecule has 0 spiro atoms. The van der Waals surface area contributed by atoms with Crippen LogP contribution in [0.1, 0.15) is 10.4 Å². The fourth-order valence-corrected chi connectivity index (χ4v) is 2.17. The number of carbonyl (C=O) groups is 2. The predicted octanol–water partition coefficient (Wildman–Crippen LogP) is 1.22. The second-order valence-corrected chi connectivity index (χ2v) is 5.12. The summed E-state index contributed by atoms with van der Waals surface area (Å²) in [6.45, 7) is -0.204. The van der Waals surface area contributed by atoms with Crippen LogP contribution in [0, 0.1) is 5.82 Å². The lowest BCUT2D eigenvalue weighted by molar-refractivity contribution is -0.118. The summed E-state index contributed by atoms with van der Waals surface area (Å²) in [4.78, 5) is 24.3. The molecule has 0 atom stereocenters. The van der Waals surface area contributed by atoms with Crippen molar-refractivity contribution in [2.75, 3.05) is 5.32 Å². The molecular formula is C16H13FN6O2. The minimum Gasteiger partial charge on any atom is -0.368 e. The van der Waals surface area contributed by atoms with Crippen molar-refractivity contribution in [1.82, 2.24) is 20.2 Å². The zero-order chi connectivity index (χ0) is 17.8. The second-order valence-electron chi connectivity index (χ2n) is 5.12. The average Bonchev–Trinajstić information content (AvgIpc) is 3.03. The molecule has 1 heterocycles. The van der Waals surface area contributed by atoms with Gasteiger partial charge in [-0.15, -0.1) is 10.2 Å². The molecule has 2 amide bonds. The van der Waals surface area contributed by atoms with Gasteiger partial charge in [-0.05, 0) is 35.5 Å². The van der Waals surface area contributed by atoms with Gasteiger partial charge in [-0.1, -0.05) is 18.2 Å². The van der Waals surface area contributed by atoms with Crippen LogP contribution in [-0.4, -0.2) is 32.0 Å². The minimum absolute atomic E-state index is 0.181. The van der Waals surface area contributed by atoms with Crippen LogP contribution < -0.4 is 11.1 Å². The first-order valence-corrected chi connectivity index (χ1v) is 7.25. The van der Waals surface area contributed by atoms with Crippen molar-refractivity contribution in [3.63, 3.8) is 0 Å². The first kappa shape index (κ1) is 16.2. The highest BCUT2D eigenvalue weighted by Gasteiger charge is 2.14. The summed E-state index contributed by atoms with van der Waals surface area (Å²) >= 11 is 0. The van der Waals surface area contributed by atoms with E-state index in [1.54, 1.807) is 24.3 Å². The molecule has 0 radical (unpaired) electrons. The van der Waals surface area contributed by atoms with Gasteiger partial charge < -0.3 is 11.1 Å². The van der Waals surface area contributed by atoms with Gasteiger partial charge in [0.25, 0.3) is 5.91 Å². The van der Waals surface area contributed by atoms with Gasteiger partial charge >= 0.3 is 0 Å². The van der Waals surface area contributed by atoms with Crippen LogP contribution in [0.4, 0.5) is 10.1 Å². The number of para-hydroxylation sites is 1. The summed E-state index contributed by atoms with van der Waals surface area (Å²) in [7, 11) is 0. The quantitative estimate of drug-likeness (QED) is 0.724. The molecule has 3 rings (SSSR count). The number of primary amides is 1. The molecule has 0 aliphatic heterocycles. The molecule has 0 unspecified atom stereocenters. The van der Waals surface area contributed by atoms with Crippen molar-refractivity contribution >= 4 is 17.5 Å². The highest BCUT2D eigenvalue weighted by molar-refractivity contribution is 6.06. The number of hydrogen-bond acceptors (Lipinski definition) is 5. The Balaban J connectivity index is 1.87. The Morgan fingerprint density at radius 2 is 1.96 bits per heavy atom. The number of aromatic nitrogens is 4. The average molecular weight is 340 g/mol. The minimum atomic E-state index is -0.600. The van der Waals surface area contributed by atoms with E-state index in [0.29, 0.717) is 11.3 Å². The molecule has 0 saturated carbocycles. The van der Waals surface area contributed by atoms with Crippen LogP contribution in [0.15, 0.2) is 48.5 Å². The Morgan fingerprint density at radius 3 is 2.72 bits per heavy atom. The first-order chi connectivity index (χ1) is 12.0. The fraction of sp³-hybridized carbons (Fsp3) is 0.0625. The van der Waals surface area contributed by atoms with Crippen LogP contribution in [0.25, 0.3) is 11.4 Å². The molecule has 9 heteroatoms. The SMILES string of the molecule is NC(=O)Cn1nnc(-c2ccccc2NC(=O)c2cccc(F)c2)n1. The smallest absolute Gasteiger partial charge is 0.255 e. The number of tetrazole rings is 1. The van der Waals surface area contributed by atoms with Gasteiger partial charge in [-0.25, -0.2) is 4.39 Å². The number of amides is 2. The zero-order valence-electron chi connectivity index (χ0n) is 12.9. The number of halogens is 1. The highest BCUT2D eigenvalue weighted by atomic mass is 19.1. The van der Waals surface area contributed by atoms with E-state index in [4.69, 9.17) is 5.73 Å². The third kappa shape index (κ3) is 3.83. The summed E-state index contributed by atoms with van der Waals surface area (Å²) in [5, 5.41) is 14.3. The van der Waals surface area contributed by atoms with Gasteiger partial charge in [0.1, 0.15) is 12.4 Å². The van der Waals surface area contributed by atoms with E-state index >= 15 is 0 Å². The lowest BCUT2D eigenvalue weighted by Gasteiger charge is -2.08. The van der Waals surface area contributed by atoms with Crippen LogP contribution in [0.3, 0.4) is 0 Å². The highest BCUT2D eigenvalue weighted by Crippen LogP contribution is 2.24. The molecule has 126 valence electrons. The van der Waals surface area contributed by atoms with E-state index in [0.717, 1.165) is 10.9 Å². The number of nitrogens with two attached hydrogens (primary N) is 1. The number of carbonyl (C=O) groups excluding carboxylic acids is 2. The molecule has 8 nitrogen and oxygen atoms in total. The standard InChI is InChI=1S/C16H13FN6O2/c17-11-5-3-4-10(8-11)16(25)19-13-7-2-1-6-12(13)15-20-22-23(21-15)9-14(18)24/h1-8H,9H2,(H2,18,24)(H,19,25). The van der Waals surface area contributed by atoms with Crippen LogP contribution in [0.2, 0.25) is 0 Å².